The number of rotatable bonds is 9. The van der Waals surface area contributed by atoms with Crippen molar-refractivity contribution in [2.45, 2.75) is 13.3 Å². The van der Waals surface area contributed by atoms with E-state index < -0.39 is 0 Å². The van der Waals surface area contributed by atoms with Gasteiger partial charge in [0.2, 0.25) is 5.89 Å². The molecule has 0 atom stereocenters. The molecule has 0 saturated carbocycles. The van der Waals surface area contributed by atoms with E-state index in [4.69, 9.17) is 14.0 Å². The smallest absolute Gasteiger partial charge is 0.262 e. The van der Waals surface area contributed by atoms with Gasteiger partial charge in [-0.15, -0.1) is 0 Å². The molecule has 2 aromatic carbocycles. The number of nitrogens with one attached hydrogen (secondary N) is 2. The molecule has 0 aliphatic carbocycles. The number of ether oxygens (including phenoxy) is 2. The molecular weight excluding hydrogens is 388 g/mol. The van der Waals surface area contributed by atoms with Crippen molar-refractivity contribution in [1.29, 1.82) is 0 Å². The third-order valence-corrected chi connectivity index (χ3v) is 4.03. The zero-order valence-electron chi connectivity index (χ0n) is 16.7. The Morgan fingerprint density at radius 1 is 1.10 bits per heavy atom. The van der Waals surface area contributed by atoms with Crippen LogP contribution in [-0.2, 0) is 11.2 Å². The monoisotopic (exact) mass is 410 g/mol. The standard InChI is InChI=1S/C21H22N4O5/c1-14-23-20(30-25-14)10-11-22-21(27)15-6-8-17(9-7-15)29-13-19(26)24-16-4-3-5-18(12-16)28-2/h3-9,12H,10-11,13H2,1-2H3,(H,22,27)(H,24,26). The molecule has 0 radical (unpaired) electrons. The van der Waals surface area contributed by atoms with Crippen LogP contribution in [0.1, 0.15) is 22.1 Å². The molecule has 1 aromatic heterocycles. The van der Waals surface area contributed by atoms with Gasteiger partial charge in [-0.25, -0.2) is 0 Å². The highest BCUT2D eigenvalue weighted by atomic mass is 16.5. The number of anilines is 1. The zero-order chi connectivity index (χ0) is 21.3. The highest BCUT2D eigenvalue weighted by Gasteiger charge is 2.09. The molecule has 1 heterocycles. The van der Waals surface area contributed by atoms with Gasteiger partial charge in [-0.2, -0.15) is 4.98 Å². The highest BCUT2D eigenvalue weighted by molar-refractivity contribution is 5.94. The molecule has 2 N–H and O–H groups in total. The normalized spacial score (nSPS) is 10.3. The maximum absolute atomic E-state index is 12.2. The number of methoxy groups -OCH3 is 1. The molecule has 3 aromatic rings. The summed E-state index contributed by atoms with van der Waals surface area (Å²) in [5.41, 5.74) is 1.09. The molecular formula is C21H22N4O5. The van der Waals surface area contributed by atoms with Crippen molar-refractivity contribution in [3.05, 3.63) is 65.8 Å². The molecule has 0 bridgehead atoms. The summed E-state index contributed by atoms with van der Waals surface area (Å²) < 4.78 is 15.6. The van der Waals surface area contributed by atoms with E-state index >= 15 is 0 Å². The Labute approximate surface area is 173 Å². The van der Waals surface area contributed by atoms with E-state index in [1.807, 2.05) is 0 Å². The third-order valence-electron chi connectivity index (χ3n) is 4.03. The van der Waals surface area contributed by atoms with Crippen LogP contribution in [0.5, 0.6) is 11.5 Å². The fourth-order valence-electron chi connectivity index (χ4n) is 2.58. The average molecular weight is 410 g/mol. The first-order valence-corrected chi connectivity index (χ1v) is 9.27. The minimum absolute atomic E-state index is 0.160. The van der Waals surface area contributed by atoms with Crippen LogP contribution in [0, 0.1) is 6.92 Å². The summed E-state index contributed by atoms with van der Waals surface area (Å²) in [5.74, 6) is 1.63. The number of carbonyl (C=O) groups excluding carboxylic acids is 2. The molecule has 0 aliphatic heterocycles. The first-order valence-electron chi connectivity index (χ1n) is 9.27. The van der Waals surface area contributed by atoms with E-state index in [2.05, 4.69) is 20.8 Å². The Kier molecular flexibility index (Phi) is 6.99. The molecule has 0 aliphatic rings. The van der Waals surface area contributed by atoms with Gasteiger partial charge in [0, 0.05) is 30.3 Å². The molecule has 9 heteroatoms. The first-order chi connectivity index (χ1) is 14.5. The van der Waals surface area contributed by atoms with E-state index in [1.165, 1.54) is 0 Å². The lowest BCUT2D eigenvalue weighted by Gasteiger charge is -2.09. The van der Waals surface area contributed by atoms with Gasteiger partial charge in [0.05, 0.1) is 7.11 Å². The number of aryl methyl sites for hydroxylation is 1. The van der Waals surface area contributed by atoms with Gasteiger partial charge in [0.15, 0.2) is 12.4 Å². The van der Waals surface area contributed by atoms with Gasteiger partial charge >= 0.3 is 0 Å². The summed E-state index contributed by atoms with van der Waals surface area (Å²) in [6.07, 6.45) is 0.455. The Balaban J connectivity index is 1.43. The maximum atomic E-state index is 12.2. The number of nitrogens with zero attached hydrogens (tertiary/aromatic N) is 2. The van der Waals surface area contributed by atoms with Gasteiger partial charge in [0.25, 0.3) is 11.8 Å². The van der Waals surface area contributed by atoms with Crippen LogP contribution in [0.25, 0.3) is 0 Å². The molecule has 156 valence electrons. The summed E-state index contributed by atoms with van der Waals surface area (Å²) >= 11 is 0. The Bertz CT molecular complexity index is 1000. The third kappa shape index (κ3) is 6.06. The van der Waals surface area contributed by atoms with Crippen molar-refractivity contribution in [2.75, 3.05) is 25.6 Å². The van der Waals surface area contributed by atoms with Crippen molar-refractivity contribution < 1.29 is 23.6 Å². The van der Waals surface area contributed by atoms with Crippen LogP contribution in [0.3, 0.4) is 0 Å². The van der Waals surface area contributed by atoms with E-state index in [9.17, 15) is 9.59 Å². The predicted molar refractivity (Wildman–Crippen MR) is 109 cm³/mol. The quantitative estimate of drug-likeness (QED) is 0.556. The largest absolute Gasteiger partial charge is 0.497 e. The van der Waals surface area contributed by atoms with Gasteiger partial charge in [-0.05, 0) is 43.3 Å². The van der Waals surface area contributed by atoms with Crippen LogP contribution in [0.2, 0.25) is 0 Å². The summed E-state index contributed by atoms with van der Waals surface area (Å²) in [4.78, 5) is 28.3. The van der Waals surface area contributed by atoms with Crippen molar-refractivity contribution in [3.63, 3.8) is 0 Å². The minimum Gasteiger partial charge on any atom is -0.497 e. The van der Waals surface area contributed by atoms with E-state index in [0.717, 1.165) is 0 Å². The fraction of sp³-hybridized carbons (Fsp3) is 0.238. The zero-order valence-corrected chi connectivity index (χ0v) is 16.7. The molecule has 0 spiro atoms. The molecule has 0 fully saturated rings. The number of amides is 2. The molecule has 0 unspecified atom stereocenters. The van der Waals surface area contributed by atoms with Gasteiger partial charge in [-0.1, -0.05) is 11.2 Å². The SMILES string of the molecule is COc1cccc(NC(=O)COc2ccc(C(=O)NCCc3nc(C)no3)cc2)c1. The minimum atomic E-state index is -0.304. The first kappa shape index (κ1) is 20.8. The Hall–Kier alpha value is -3.88. The molecule has 30 heavy (non-hydrogen) atoms. The summed E-state index contributed by atoms with van der Waals surface area (Å²) in [7, 11) is 1.56. The van der Waals surface area contributed by atoms with Gasteiger partial charge in [-0.3, -0.25) is 9.59 Å². The van der Waals surface area contributed by atoms with Gasteiger partial charge in [0.1, 0.15) is 11.5 Å². The lowest BCUT2D eigenvalue weighted by atomic mass is 10.2. The van der Waals surface area contributed by atoms with Crippen molar-refractivity contribution >= 4 is 17.5 Å². The van der Waals surface area contributed by atoms with E-state index in [0.29, 0.717) is 47.4 Å². The van der Waals surface area contributed by atoms with Crippen molar-refractivity contribution in [2.24, 2.45) is 0 Å². The molecule has 2 amide bonds. The second-order valence-electron chi connectivity index (χ2n) is 6.33. The number of carbonyl (C=O) groups is 2. The van der Waals surface area contributed by atoms with E-state index in [-0.39, 0.29) is 18.4 Å². The molecule has 0 saturated heterocycles. The summed E-state index contributed by atoms with van der Waals surface area (Å²) in [6.45, 7) is 1.95. The van der Waals surface area contributed by atoms with Crippen LogP contribution in [0.4, 0.5) is 5.69 Å². The van der Waals surface area contributed by atoms with Crippen LogP contribution in [-0.4, -0.2) is 42.2 Å². The van der Waals surface area contributed by atoms with Gasteiger partial charge < -0.3 is 24.6 Å². The number of aromatic nitrogens is 2. The number of hydrogen-bond acceptors (Lipinski definition) is 7. The second-order valence-corrected chi connectivity index (χ2v) is 6.33. The van der Waals surface area contributed by atoms with Crippen LogP contribution >= 0.6 is 0 Å². The fourth-order valence-corrected chi connectivity index (χ4v) is 2.58. The maximum Gasteiger partial charge on any atom is 0.262 e. The van der Waals surface area contributed by atoms with Crippen molar-refractivity contribution in [3.8, 4) is 11.5 Å². The molecule has 3 rings (SSSR count). The highest BCUT2D eigenvalue weighted by Crippen LogP contribution is 2.17. The lowest BCUT2D eigenvalue weighted by Crippen LogP contribution is -2.25. The summed E-state index contributed by atoms with van der Waals surface area (Å²) in [6, 6.07) is 13.6. The number of hydrogen-bond donors (Lipinski definition) is 2. The summed E-state index contributed by atoms with van der Waals surface area (Å²) in [5, 5.41) is 9.21. The predicted octanol–water partition coefficient (Wildman–Crippen LogP) is 2.38. The Morgan fingerprint density at radius 3 is 2.60 bits per heavy atom. The van der Waals surface area contributed by atoms with E-state index in [1.54, 1.807) is 62.6 Å². The van der Waals surface area contributed by atoms with Crippen molar-refractivity contribution in [1.82, 2.24) is 15.5 Å². The second kappa shape index (κ2) is 10.1. The molecule has 9 nitrogen and oxygen atoms in total. The lowest BCUT2D eigenvalue weighted by molar-refractivity contribution is -0.118. The average Bonchev–Trinajstić information content (AvgIpc) is 3.17. The van der Waals surface area contributed by atoms with Crippen LogP contribution < -0.4 is 20.1 Å². The van der Waals surface area contributed by atoms with Crippen LogP contribution in [0.15, 0.2) is 53.1 Å². The topological polar surface area (TPSA) is 116 Å². The number of benzene rings is 2. The Morgan fingerprint density at radius 2 is 1.90 bits per heavy atom.